The third kappa shape index (κ3) is 4.21. The monoisotopic (exact) mass is 268 g/mol. The molecule has 0 aliphatic heterocycles. The predicted octanol–water partition coefficient (Wildman–Crippen LogP) is 2.24. The molecule has 19 heavy (non-hydrogen) atoms. The van der Waals surface area contributed by atoms with Gasteiger partial charge in [0, 0.05) is 13.1 Å². The summed E-state index contributed by atoms with van der Waals surface area (Å²) in [7, 11) is 1.65. The van der Waals surface area contributed by atoms with Crippen LogP contribution in [0.2, 0.25) is 0 Å². The van der Waals surface area contributed by atoms with Crippen molar-refractivity contribution < 1.29 is 14.3 Å². The zero-order chi connectivity index (χ0) is 14.6. The molecule has 0 heterocycles. The fourth-order valence-electron chi connectivity index (χ4n) is 2.01. The van der Waals surface area contributed by atoms with Crippen LogP contribution in [0.1, 0.15) is 25.8 Å². The van der Waals surface area contributed by atoms with Gasteiger partial charge in [0.1, 0.15) is 5.82 Å². The number of carboxylic acid groups (broad SMARTS) is 1. The molecule has 0 radical (unpaired) electrons. The number of aliphatic carboxylic acids is 1. The van der Waals surface area contributed by atoms with Crippen molar-refractivity contribution in [1.29, 1.82) is 0 Å². The quantitative estimate of drug-likeness (QED) is 0.739. The molecule has 1 rings (SSSR count). The Morgan fingerprint density at radius 2 is 2.16 bits per heavy atom. The normalized spacial score (nSPS) is 13.1. The lowest BCUT2D eigenvalue weighted by molar-refractivity contribution is -0.147. The van der Waals surface area contributed by atoms with Crippen LogP contribution >= 0.6 is 0 Å². The van der Waals surface area contributed by atoms with Crippen molar-refractivity contribution in [2.24, 2.45) is 11.1 Å². The molecule has 0 fully saturated rings. The van der Waals surface area contributed by atoms with Gasteiger partial charge in [0.2, 0.25) is 0 Å². The van der Waals surface area contributed by atoms with Crippen LogP contribution in [-0.4, -0.2) is 24.2 Å². The van der Waals surface area contributed by atoms with Crippen LogP contribution in [0.15, 0.2) is 18.2 Å². The molecule has 4 N–H and O–H groups in total. The Balaban J connectivity index is 2.70. The largest absolute Gasteiger partial charge is 0.481 e. The number of nitrogens with two attached hydrogens (primary N) is 1. The van der Waals surface area contributed by atoms with Crippen LogP contribution in [0.3, 0.4) is 0 Å². The third-order valence-electron chi connectivity index (χ3n) is 3.15. The maximum absolute atomic E-state index is 13.6. The van der Waals surface area contributed by atoms with Crippen LogP contribution in [-0.2, 0) is 11.2 Å². The molecule has 1 atom stereocenters. The summed E-state index contributed by atoms with van der Waals surface area (Å²) in [4.78, 5) is 11.0. The molecule has 1 aromatic rings. The van der Waals surface area contributed by atoms with Crippen molar-refractivity contribution in [3.8, 4) is 0 Å². The van der Waals surface area contributed by atoms with Crippen LogP contribution in [0.5, 0.6) is 0 Å². The van der Waals surface area contributed by atoms with E-state index >= 15 is 0 Å². The topological polar surface area (TPSA) is 75.3 Å². The Morgan fingerprint density at radius 1 is 1.53 bits per heavy atom. The van der Waals surface area contributed by atoms with E-state index in [1.54, 1.807) is 33.0 Å². The molecule has 0 aliphatic rings. The van der Waals surface area contributed by atoms with Gasteiger partial charge in [-0.3, -0.25) is 4.79 Å². The first-order chi connectivity index (χ1) is 8.76. The second kappa shape index (κ2) is 6.02. The van der Waals surface area contributed by atoms with E-state index in [2.05, 4.69) is 5.32 Å². The van der Waals surface area contributed by atoms with Crippen molar-refractivity contribution in [2.45, 2.75) is 32.7 Å². The molecule has 0 saturated heterocycles. The van der Waals surface area contributed by atoms with Gasteiger partial charge in [-0.25, -0.2) is 4.39 Å². The molecular weight excluding hydrogens is 247 g/mol. The molecule has 1 unspecified atom stereocenters. The predicted molar refractivity (Wildman–Crippen MR) is 73.7 cm³/mol. The van der Waals surface area contributed by atoms with Crippen molar-refractivity contribution in [2.75, 3.05) is 12.4 Å². The van der Waals surface area contributed by atoms with Crippen molar-refractivity contribution in [1.82, 2.24) is 0 Å². The highest BCUT2D eigenvalue weighted by Crippen LogP contribution is 2.24. The zero-order valence-electron chi connectivity index (χ0n) is 11.5. The average Bonchev–Trinajstić information content (AvgIpc) is 2.28. The summed E-state index contributed by atoms with van der Waals surface area (Å²) in [5, 5.41) is 11.8. The summed E-state index contributed by atoms with van der Waals surface area (Å²) in [5.41, 5.74) is 6.28. The number of hydrogen-bond acceptors (Lipinski definition) is 3. The van der Waals surface area contributed by atoms with Gasteiger partial charge in [-0.15, -0.1) is 0 Å². The Kier molecular flexibility index (Phi) is 4.89. The first-order valence-electron chi connectivity index (χ1n) is 6.21. The lowest BCUT2D eigenvalue weighted by Gasteiger charge is -2.23. The molecule has 0 amide bonds. The summed E-state index contributed by atoms with van der Waals surface area (Å²) in [6.45, 7) is 3.28. The minimum absolute atomic E-state index is 0.314. The molecule has 0 aliphatic carbocycles. The number of anilines is 1. The number of halogens is 1. The maximum atomic E-state index is 13.6. The summed E-state index contributed by atoms with van der Waals surface area (Å²) in [6, 6.07) is 4.56. The number of rotatable bonds is 6. The van der Waals surface area contributed by atoms with Crippen LogP contribution in [0.4, 0.5) is 10.1 Å². The highest BCUT2D eigenvalue weighted by Gasteiger charge is 2.29. The molecule has 106 valence electrons. The van der Waals surface area contributed by atoms with Gasteiger partial charge in [0.25, 0.3) is 0 Å². The van der Waals surface area contributed by atoms with Gasteiger partial charge < -0.3 is 16.2 Å². The second-order valence-corrected chi connectivity index (χ2v) is 5.42. The lowest BCUT2D eigenvalue weighted by Crippen LogP contribution is -2.34. The summed E-state index contributed by atoms with van der Waals surface area (Å²) in [5.74, 6) is -1.20. The molecule has 1 aromatic carbocycles. The van der Waals surface area contributed by atoms with Crippen molar-refractivity contribution in [3.05, 3.63) is 29.6 Å². The lowest BCUT2D eigenvalue weighted by atomic mass is 9.84. The van der Waals surface area contributed by atoms with Gasteiger partial charge in [-0.2, -0.15) is 0 Å². The molecule has 0 spiro atoms. The van der Waals surface area contributed by atoms with E-state index in [9.17, 15) is 9.18 Å². The molecule has 0 bridgehead atoms. The average molecular weight is 268 g/mol. The van der Waals surface area contributed by atoms with E-state index < -0.39 is 11.4 Å². The van der Waals surface area contributed by atoms with Crippen LogP contribution in [0, 0.1) is 11.2 Å². The van der Waals surface area contributed by atoms with E-state index in [-0.39, 0.29) is 11.9 Å². The fourth-order valence-corrected chi connectivity index (χ4v) is 2.01. The van der Waals surface area contributed by atoms with E-state index in [0.29, 0.717) is 18.5 Å². The Hall–Kier alpha value is -1.62. The van der Waals surface area contributed by atoms with Gasteiger partial charge in [0.05, 0.1) is 11.1 Å². The fraction of sp³-hybridized carbons (Fsp3) is 0.500. The molecule has 0 aromatic heterocycles. The molecular formula is C14H21FN2O2. The first-order valence-corrected chi connectivity index (χ1v) is 6.21. The zero-order valence-corrected chi connectivity index (χ0v) is 11.5. The van der Waals surface area contributed by atoms with E-state index in [4.69, 9.17) is 10.8 Å². The standard InChI is InChI=1S/C14H21FN2O2/c1-14(2,13(18)19)8-10(16)6-9-4-5-12(17-3)11(15)7-9/h4-5,7,10,17H,6,8,16H2,1-3H3,(H,18,19). The highest BCUT2D eigenvalue weighted by atomic mass is 19.1. The van der Waals surface area contributed by atoms with E-state index in [0.717, 1.165) is 5.56 Å². The summed E-state index contributed by atoms with van der Waals surface area (Å²) >= 11 is 0. The van der Waals surface area contributed by atoms with E-state index in [1.807, 2.05) is 0 Å². The Labute approximate surface area is 112 Å². The maximum Gasteiger partial charge on any atom is 0.309 e. The smallest absolute Gasteiger partial charge is 0.309 e. The highest BCUT2D eigenvalue weighted by molar-refractivity contribution is 5.73. The van der Waals surface area contributed by atoms with Crippen molar-refractivity contribution in [3.63, 3.8) is 0 Å². The minimum Gasteiger partial charge on any atom is -0.481 e. The van der Waals surface area contributed by atoms with Gasteiger partial charge in [-0.1, -0.05) is 6.07 Å². The number of benzene rings is 1. The second-order valence-electron chi connectivity index (χ2n) is 5.42. The Morgan fingerprint density at radius 3 is 2.63 bits per heavy atom. The van der Waals surface area contributed by atoms with Gasteiger partial charge in [-0.05, 0) is 44.4 Å². The molecule has 5 heteroatoms. The first kappa shape index (κ1) is 15.4. The van der Waals surface area contributed by atoms with E-state index in [1.165, 1.54) is 6.07 Å². The van der Waals surface area contributed by atoms with Crippen LogP contribution < -0.4 is 11.1 Å². The molecule has 4 nitrogen and oxygen atoms in total. The third-order valence-corrected chi connectivity index (χ3v) is 3.15. The number of nitrogens with one attached hydrogen (secondary N) is 1. The van der Waals surface area contributed by atoms with Crippen LogP contribution in [0.25, 0.3) is 0 Å². The number of carboxylic acids is 1. The molecule has 0 saturated carbocycles. The summed E-state index contributed by atoms with van der Waals surface area (Å²) in [6.07, 6.45) is 0.801. The minimum atomic E-state index is -0.875. The van der Waals surface area contributed by atoms with Crippen molar-refractivity contribution >= 4 is 11.7 Å². The summed E-state index contributed by atoms with van der Waals surface area (Å²) < 4.78 is 13.6. The van der Waals surface area contributed by atoms with Gasteiger partial charge in [0.15, 0.2) is 0 Å². The Bertz CT molecular complexity index is 461. The number of carbonyl (C=O) groups is 1. The SMILES string of the molecule is CNc1ccc(CC(N)CC(C)(C)C(=O)O)cc1F. The van der Waals surface area contributed by atoms with Gasteiger partial charge >= 0.3 is 5.97 Å². The number of hydrogen-bond donors (Lipinski definition) is 3.